The third-order valence-corrected chi connectivity index (χ3v) is 6.24. The Balaban J connectivity index is 1.90. The molecule has 38 heavy (non-hydrogen) atoms. The van der Waals surface area contributed by atoms with Gasteiger partial charge in [0.2, 0.25) is 5.91 Å². The molecule has 0 aliphatic carbocycles. The molecule has 0 bridgehead atoms. The molecule has 0 saturated heterocycles. The lowest BCUT2D eigenvalue weighted by Gasteiger charge is -2.17. The smallest absolute Gasteiger partial charge is 0.331 e. The van der Waals surface area contributed by atoms with E-state index in [4.69, 9.17) is 4.74 Å². The molecular formula is C33H35NO4. The number of carbonyl (C=O) groups excluding carboxylic acids is 1. The Kier molecular flexibility index (Phi) is 10.7. The molecule has 0 heterocycles. The lowest BCUT2D eigenvalue weighted by atomic mass is 9.94. The molecule has 5 heteroatoms. The number of carboxylic acids is 1. The van der Waals surface area contributed by atoms with Crippen LogP contribution in [0.3, 0.4) is 0 Å². The fourth-order valence-electron chi connectivity index (χ4n) is 4.12. The van der Waals surface area contributed by atoms with E-state index in [1.54, 1.807) is 18.2 Å². The van der Waals surface area contributed by atoms with Gasteiger partial charge in [0.25, 0.3) is 0 Å². The van der Waals surface area contributed by atoms with Gasteiger partial charge in [0.15, 0.2) is 0 Å². The van der Waals surface area contributed by atoms with Gasteiger partial charge in [-0.25, -0.2) is 4.79 Å². The van der Waals surface area contributed by atoms with Crippen molar-refractivity contribution < 1.29 is 19.4 Å². The van der Waals surface area contributed by atoms with Gasteiger partial charge < -0.3 is 15.2 Å². The maximum atomic E-state index is 12.9. The van der Waals surface area contributed by atoms with E-state index in [1.165, 1.54) is 0 Å². The van der Waals surface area contributed by atoms with E-state index in [9.17, 15) is 14.7 Å². The highest BCUT2D eigenvalue weighted by atomic mass is 16.5. The quantitative estimate of drug-likeness (QED) is 0.156. The summed E-state index contributed by atoms with van der Waals surface area (Å²) in [4.78, 5) is 24.6. The van der Waals surface area contributed by atoms with Crippen molar-refractivity contribution in [3.63, 3.8) is 0 Å². The molecule has 196 valence electrons. The van der Waals surface area contributed by atoms with E-state index in [2.05, 4.69) is 11.9 Å². The maximum Gasteiger partial charge on any atom is 0.331 e. The van der Waals surface area contributed by atoms with Crippen molar-refractivity contribution in [3.8, 4) is 0 Å². The van der Waals surface area contributed by atoms with Gasteiger partial charge in [-0.15, -0.1) is 0 Å². The summed E-state index contributed by atoms with van der Waals surface area (Å²) in [5.74, 6) is -0.447. The maximum absolute atomic E-state index is 12.9. The summed E-state index contributed by atoms with van der Waals surface area (Å²) in [7, 11) is 0. The van der Waals surface area contributed by atoms with Crippen LogP contribution in [0.5, 0.6) is 0 Å². The molecule has 3 aromatic rings. The van der Waals surface area contributed by atoms with Gasteiger partial charge in [0.1, 0.15) is 12.4 Å². The Morgan fingerprint density at radius 2 is 1.66 bits per heavy atom. The molecule has 0 aliphatic heterocycles. The van der Waals surface area contributed by atoms with Crippen LogP contribution in [0.2, 0.25) is 0 Å². The summed E-state index contributed by atoms with van der Waals surface area (Å²) in [6.07, 6.45) is 6.41. The molecular weight excluding hydrogens is 474 g/mol. The minimum absolute atomic E-state index is 0.0930. The normalized spacial score (nSPS) is 11.6. The predicted molar refractivity (Wildman–Crippen MR) is 153 cm³/mol. The second-order valence-electron chi connectivity index (χ2n) is 8.98. The number of hydrogen-bond donors (Lipinski definition) is 2. The van der Waals surface area contributed by atoms with Crippen LogP contribution in [0.25, 0.3) is 11.8 Å². The van der Waals surface area contributed by atoms with Gasteiger partial charge in [-0.2, -0.15) is 0 Å². The summed E-state index contributed by atoms with van der Waals surface area (Å²) in [5.41, 5.74) is 5.68. The number of amides is 1. The number of rotatable bonds is 13. The predicted octanol–water partition coefficient (Wildman–Crippen LogP) is 6.52. The van der Waals surface area contributed by atoms with Crippen molar-refractivity contribution in [2.24, 2.45) is 0 Å². The average molecular weight is 510 g/mol. The van der Waals surface area contributed by atoms with Crippen LogP contribution in [0, 0.1) is 6.92 Å². The van der Waals surface area contributed by atoms with Gasteiger partial charge in [0, 0.05) is 17.7 Å². The first-order chi connectivity index (χ1) is 18.4. The van der Waals surface area contributed by atoms with E-state index in [1.807, 2.05) is 86.6 Å². The zero-order valence-corrected chi connectivity index (χ0v) is 22.1. The van der Waals surface area contributed by atoms with Gasteiger partial charge >= 0.3 is 5.97 Å². The molecule has 0 atom stereocenters. The molecule has 0 aliphatic rings. The van der Waals surface area contributed by atoms with Crippen LogP contribution in [0.4, 0.5) is 0 Å². The highest BCUT2D eigenvalue weighted by Gasteiger charge is 2.16. The molecule has 0 saturated carbocycles. The zero-order valence-electron chi connectivity index (χ0n) is 22.1. The van der Waals surface area contributed by atoms with Crippen LogP contribution in [0.1, 0.15) is 46.7 Å². The molecule has 3 rings (SSSR count). The van der Waals surface area contributed by atoms with Crippen molar-refractivity contribution in [2.75, 3.05) is 6.54 Å². The third-order valence-electron chi connectivity index (χ3n) is 6.24. The number of carbonyl (C=O) groups is 2. The summed E-state index contributed by atoms with van der Waals surface area (Å²) < 4.78 is 6.20. The van der Waals surface area contributed by atoms with Gasteiger partial charge in [-0.05, 0) is 65.8 Å². The second-order valence-corrected chi connectivity index (χ2v) is 8.98. The van der Waals surface area contributed by atoms with E-state index >= 15 is 0 Å². The summed E-state index contributed by atoms with van der Waals surface area (Å²) in [6, 6.07) is 23.6. The molecule has 1 amide bonds. The number of carboxylic acid groups (broad SMARTS) is 1. The topological polar surface area (TPSA) is 75.6 Å². The van der Waals surface area contributed by atoms with Crippen molar-refractivity contribution in [3.05, 3.63) is 130 Å². The highest BCUT2D eigenvalue weighted by molar-refractivity contribution is 5.92. The Bertz CT molecular complexity index is 1310. The zero-order chi connectivity index (χ0) is 27.3. The Labute approximate surface area is 225 Å². The molecule has 0 unspecified atom stereocenters. The Morgan fingerprint density at radius 3 is 2.26 bits per heavy atom. The number of hydrogen-bond acceptors (Lipinski definition) is 3. The van der Waals surface area contributed by atoms with E-state index < -0.39 is 5.97 Å². The number of allylic oxidation sites excluding steroid dienone is 2. The summed E-state index contributed by atoms with van der Waals surface area (Å²) in [6.45, 7) is 8.50. The fourth-order valence-corrected chi connectivity index (χ4v) is 4.12. The summed E-state index contributed by atoms with van der Waals surface area (Å²) in [5, 5.41) is 12.6. The number of ether oxygens (including phenoxy) is 1. The van der Waals surface area contributed by atoms with Crippen LogP contribution in [0.15, 0.2) is 97.1 Å². The fraction of sp³-hybridized carbons (Fsp3) is 0.212. The van der Waals surface area contributed by atoms with E-state index in [-0.39, 0.29) is 17.9 Å². The van der Waals surface area contributed by atoms with Gasteiger partial charge in [-0.3, -0.25) is 4.79 Å². The number of benzene rings is 3. The molecule has 2 N–H and O–H groups in total. The van der Waals surface area contributed by atoms with Crippen molar-refractivity contribution >= 4 is 23.7 Å². The average Bonchev–Trinajstić information content (AvgIpc) is 2.92. The van der Waals surface area contributed by atoms with Crippen molar-refractivity contribution in [2.45, 2.75) is 39.7 Å². The Hall–Kier alpha value is -4.38. The SMILES string of the molecule is C=C/C=C(/OCc1ccccc1)c1cc(/C=C(\CC)C(=O)O)cc(CC(=O)NCCc2ccccc2)c1C. The lowest BCUT2D eigenvalue weighted by molar-refractivity contribution is -0.132. The minimum Gasteiger partial charge on any atom is -0.488 e. The highest BCUT2D eigenvalue weighted by Crippen LogP contribution is 2.28. The minimum atomic E-state index is -0.961. The molecule has 5 nitrogen and oxygen atoms in total. The van der Waals surface area contributed by atoms with E-state index in [0.29, 0.717) is 30.9 Å². The Morgan fingerprint density at radius 1 is 1.00 bits per heavy atom. The van der Waals surface area contributed by atoms with Crippen molar-refractivity contribution in [1.29, 1.82) is 0 Å². The van der Waals surface area contributed by atoms with Crippen LogP contribution >= 0.6 is 0 Å². The standard InChI is InChI=1S/C33H35NO4/c1-4-12-31(38-23-26-15-10-7-11-16-26)30-21-27(19-28(5-2)33(36)37)20-29(24(30)3)22-32(35)34-18-17-25-13-8-6-9-14-25/h4,6-16,19-21H,1,5,17-18,22-23H2,2-3H3,(H,34,35)(H,36,37)/b28-19+,31-12+. The largest absolute Gasteiger partial charge is 0.488 e. The first-order valence-electron chi connectivity index (χ1n) is 12.8. The first-order valence-corrected chi connectivity index (χ1v) is 12.8. The molecule has 3 aromatic carbocycles. The first kappa shape index (κ1) is 28.2. The molecule has 0 spiro atoms. The van der Waals surface area contributed by atoms with E-state index in [0.717, 1.165) is 34.2 Å². The third kappa shape index (κ3) is 8.34. The van der Waals surface area contributed by atoms with Gasteiger partial charge in [0.05, 0.1) is 6.42 Å². The van der Waals surface area contributed by atoms with Gasteiger partial charge in [-0.1, -0.05) is 86.3 Å². The van der Waals surface area contributed by atoms with Crippen molar-refractivity contribution in [1.82, 2.24) is 5.32 Å². The van der Waals surface area contributed by atoms with Crippen LogP contribution in [-0.4, -0.2) is 23.5 Å². The number of aliphatic carboxylic acids is 1. The monoisotopic (exact) mass is 509 g/mol. The molecule has 0 radical (unpaired) electrons. The number of nitrogens with one attached hydrogen (secondary N) is 1. The van der Waals surface area contributed by atoms with Crippen LogP contribution < -0.4 is 5.32 Å². The van der Waals surface area contributed by atoms with Crippen LogP contribution in [-0.2, 0) is 33.8 Å². The summed E-state index contributed by atoms with van der Waals surface area (Å²) >= 11 is 0. The second kappa shape index (κ2) is 14.4. The lowest BCUT2D eigenvalue weighted by Crippen LogP contribution is -2.27. The molecule has 0 aromatic heterocycles. The molecule has 0 fully saturated rings.